The number of hydrogen-bond acceptors (Lipinski definition) is 7. The SMILES string of the molecule is Cc1cc(N2CCN(Cc3nnc(C(F)(F)F)o3)CC2)ncn1. The summed E-state index contributed by atoms with van der Waals surface area (Å²) in [6.07, 6.45) is -3.08. The number of aromatic nitrogens is 4. The molecule has 10 heteroatoms. The van der Waals surface area contributed by atoms with Gasteiger partial charge >= 0.3 is 12.1 Å². The second kappa shape index (κ2) is 6.11. The maximum atomic E-state index is 12.4. The van der Waals surface area contributed by atoms with Crippen LogP contribution in [0, 0.1) is 6.92 Å². The summed E-state index contributed by atoms with van der Waals surface area (Å²) in [6.45, 7) is 4.89. The highest BCUT2D eigenvalue weighted by molar-refractivity contribution is 5.39. The van der Waals surface area contributed by atoms with E-state index < -0.39 is 12.1 Å². The Morgan fingerprint density at radius 3 is 2.48 bits per heavy atom. The number of nitrogens with zero attached hydrogens (tertiary/aromatic N) is 6. The van der Waals surface area contributed by atoms with Crippen molar-refractivity contribution < 1.29 is 17.6 Å². The van der Waals surface area contributed by atoms with E-state index in [-0.39, 0.29) is 12.4 Å². The second-order valence-electron chi connectivity index (χ2n) is 5.28. The molecule has 0 atom stereocenters. The minimum Gasteiger partial charge on any atom is -0.416 e. The summed E-state index contributed by atoms with van der Waals surface area (Å²) < 4.78 is 41.9. The van der Waals surface area contributed by atoms with Gasteiger partial charge in [-0.15, -0.1) is 10.2 Å². The zero-order valence-corrected chi connectivity index (χ0v) is 12.4. The number of halogens is 3. The van der Waals surface area contributed by atoms with Crippen LogP contribution in [0.2, 0.25) is 0 Å². The molecule has 1 saturated heterocycles. The van der Waals surface area contributed by atoms with Gasteiger partial charge in [0.15, 0.2) is 0 Å². The standard InChI is InChI=1S/C13H15F3N6O/c1-9-6-10(18-8-17-9)22-4-2-21(3-5-22)7-11-19-20-12(23-11)13(14,15)16/h6,8H,2-5,7H2,1H3. The lowest BCUT2D eigenvalue weighted by Crippen LogP contribution is -2.46. The minimum absolute atomic E-state index is 0.0244. The lowest BCUT2D eigenvalue weighted by Gasteiger charge is -2.34. The topological polar surface area (TPSA) is 71.2 Å². The molecule has 0 aromatic carbocycles. The summed E-state index contributed by atoms with van der Waals surface area (Å²) in [7, 11) is 0. The van der Waals surface area contributed by atoms with Gasteiger partial charge in [0.2, 0.25) is 5.89 Å². The van der Waals surface area contributed by atoms with Crippen molar-refractivity contribution in [2.75, 3.05) is 31.1 Å². The first-order chi connectivity index (χ1) is 10.9. The average molecular weight is 328 g/mol. The molecule has 3 rings (SSSR count). The average Bonchev–Trinajstić information content (AvgIpc) is 2.97. The van der Waals surface area contributed by atoms with Crippen LogP contribution in [0.25, 0.3) is 0 Å². The third-order valence-corrected chi connectivity index (χ3v) is 3.55. The first-order valence-electron chi connectivity index (χ1n) is 7.07. The normalized spacial score (nSPS) is 16.8. The van der Waals surface area contributed by atoms with Crippen LogP contribution in [-0.2, 0) is 12.7 Å². The fraction of sp³-hybridized carbons (Fsp3) is 0.538. The van der Waals surface area contributed by atoms with Crippen molar-refractivity contribution in [3.8, 4) is 0 Å². The van der Waals surface area contributed by atoms with Crippen molar-refractivity contribution in [1.82, 2.24) is 25.1 Å². The predicted octanol–water partition coefficient (Wildman–Crippen LogP) is 1.51. The Morgan fingerprint density at radius 2 is 1.87 bits per heavy atom. The molecule has 0 N–H and O–H groups in total. The molecule has 0 spiro atoms. The number of alkyl halides is 3. The van der Waals surface area contributed by atoms with Crippen LogP contribution in [-0.4, -0.2) is 51.2 Å². The van der Waals surface area contributed by atoms with Gasteiger partial charge in [-0.25, -0.2) is 9.97 Å². The van der Waals surface area contributed by atoms with E-state index in [1.165, 1.54) is 6.33 Å². The van der Waals surface area contributed by atoms with E-state index in [2.05, 4.69) is 29.5 Å². The summed E-state index contributed by atoms with van der Waals surface area (Å²) in [5, 5.41) is 6.48. The molecule has 1 aliphatic heterocycles. The van der Waals surface area contributed by atoms with Crippen molar-refractivity contribution in [3.05, 3.63) is 29.9 Å². The van der Waals surface area contributed by atoms with Crippen molar-refractivity contribution in [2.24, 2.45) is 0 Å². The Balaban J connectivity index is 1.56. The molecule has 0 aliphatic carbocycles. The van der Waals surface area contributed by atoms with Crippen LogP contribution in [0.5, 0.6) is 0 Å². The fourth-order valence-corrected chi connectivity index (χ4v) is 2.37. The summed E-state index contributed by atoms with van der Waals surface area (Å²) >= 11 is 0. The smallest absolute Gasteiger partial charge is 0.416 e. The van der Waals surface area contributed by atoms with Crippen LogP contribution < -0.4 is 4.90 Å². The predicted molar refractivity (Wildman–Crippen MR) is 73.6 cm³/mol. The quantitative estimate of drug-likeness (QED) is 0.846. The summed E-state index contributed by atoms with van der Waals surface area (Å²) in [6, 6.07) is 1.91. The van der Waals surface area contributed by atoms with E-state index in [1.807, 2.05) is 17.9 Å². The van der Waals surface area contributed by atoms with E-state index >= 15 is 0 Å². The van der Waals surface area contributed by atoms with Crippen LogP contribution in [0.1, 0.15) is 17.5 Å². The van der Waals surface area contributed by atoms with Gasteiger partial charge in [-0.1, -0.05) is 0 Å². The van der Waals surface area contributed by atoms with Gasteiger partial charge in [-0.05, 0) is 6.92 Å². The maximum Gasteiger partial charge on any atom is 0.470 e. The highest BCUT2D eigenvalue weighted by atomic mass is 19.4. The van der Waals surface area contributed by atoms with Gasteiger partial charge < -0.3 is 9.32 Å². The second-order valence-corrected chi connectivity index (χ2v) is 5.28. The van der Waals surface area contributed by atoms with Crippen LogP contribution in [0.4, 0.5) is 19.0 Å². The number of hydrogen-bond donors (Lipinski definition) is 0. The first-order valence-corrected chi connectivity index (χ1v) is 7.07. The van der Waals surface area contributed by atoms with E-state index in [9.17, 15) is 13.2 Å². The zero-order valence-electron chi connectivity index (χ0n) is 12.4. The molecule has 0 bridgehead atoms. The van der Waals surface area contributed by atoms with E-state index in [0.717, 1.165) is 24.6 Å². The maximum absolute atomic E-state index is 12.4. The number of aryl methyl sites for hydroxylation is 1. The summed E-state index contributed by atoms with van der Waals surface area (Å²) in [4.78, 5) is 12.4. The molecule has 0 unspecified atom stereocenters. The Hall–Kier alpha value is -2.23. The number of piperazine rings is 1. The van der Waals surface area contributed by atoms with Gasteiger partial charge in [0.25, 0.3) is 0 Å². The highest BCUT2D eigenvalue weighted by Crippen LogP contribution is 2.28. The van der Waals surface area contributed by atoms with Gasteiger partial charge in [-0.2, -0.15) is 13.2 Å². The van der Waals surface area contributed by atoms with E-state index in [1.54, 1.807) is 0 Å². The molecule has 1 fully saturated rings. The largest absolute Gasteiger partial charge is 0.470 e. The third-order valence-electron chi connectivity index (χ3n) is 3.55. The van der Waals surface area contributed by atoms with E-state index in [0.29, 0.717) is 13.1 Å². The molecule has 2 aromatic heterocycles. The molecule has 7 nitrogen and oxygen atoms in total. The molecule has 0 amide bonds. The molecule has 0 radical (unpaired) electrons. The van der Waals surface area contributed by atoms with Crippen molar-refractivity contribution >= 4 is 5.82 Å². The van der Waals surface area contributed by atoms with Crippen LogP contribution in [0.3, 0.4) is 0 Å². The molecular weight excluding hydrogens is 313 g/mol. The monoisotopic (exact) mass is 328 g/mol. The summed E-state index contributed by atoms with van der Waals surface area (Å²) in [5.41, 5.74) is 0.892. The van der Waals surface area contributed by atoms with Crippen molar-refractivity contribution in [1.29, 1.82) is 0 Å². The molecule has 23 heavy (non-hydrogen) atoms. The Morgan fingerprint density at radius 1 is 1.13 bits per heavy atom. The van der Waals surface area contributed by atoms with Crippen molar-refractivity contribution in [3.63, 3.8) is 0 Å². The number of rotatable bonds is 3. The molecule has 0 saturated carbocycles. The first kappa shape index (κ1) is 15.7. The number of anilines is 1. The lowest BCUT2D eigenvalue weighted by atomic mass is 10.3. The van der Waals surface area contributed by atoms with Gasteiger partial charge in [-0.3, -0.25) is 4.90 Å². The Kier molecular flexibility index (Phi) is 4.16. The highest BCUT2D eigenvalue weighted by Gasteiger charge is 2.38. The fourth-order valence-electron chi connectivity index (χ4n) is 2.37. The molecular formula is C13H15F3N6O. The van der Waals surface area contributed by atoms with Crippen molar-refractivity contribution in [2.45, 2.75) is 19.6 Å². The lowest BCUT2D eigenvalue weighted by molar-refractivity contribution is -0.157. The minimum atomic E-state index is -4.60. The molecule has 1 aliphatic rings. The van der Waals surface area contributed by atoms with Gasteiger partial charge in [0, 0.05) is 37.9 Å². The van der Waals surface area contributed by atoms with Gasteiger partial charge in [0.1, 0.15) is 12.1 Å². The zero-order chi connectivity index (χ0) is 16.4. The van der Waals surface area contributed by atoms with E-state index in [4.69, 9.17) is 0 Å². The molecule has 124 valence electrons. The Labute approximate surface area is 130 Å². The summed E-state index contributed by atoms with van der Waals surface area (Å²) in [5.74, 6) is -0.472. The molecule has 3 heterocycles. The van der Waals surface area contributed by atoms with Gasteiger partial charge in [0.05, 0.1) is 6.54 Å². The Bertz CT molecular complexity index is 666. The van der Waals surface area contributed by atoms with Crippen LogP contribution >= 0.6 is 0 Å². The molecule has 2 aromatic rings. The third kappa shape index (κ3) is 3.76. The van der Waals surface area contributed by atoms with Crippen LogP contribution in [0.15, 0.2) is 16.8 Å².